The van der Waals surface area contributed by atoms with Gasteiger partial charge in [-0.05, 0) is 59.5 Å². The van der Waals surface area contributed by atoms with E-state index in [1.54, 1.807) is 0 Å². The lowest BCUT2D eigenvalue weighted by Gasteiger charge is -2.21. The highest BCUT2D eigenvalue weighted by atomic mass is 127. The Hall–Kier alpha value is 0.0600. The van der Waals surface area contributed by atoms with Gasteiger partial charge in [0.15, 0.2) is 5.78 Å². The highest BCUT2D eigenvalue weighted by molar-refractivity contribution is 14.1. The average Bonchev–Trinajstić information content (AvgIpc) is 2.33. The van der Waals surface area contributed by atoms with Gasteiger partial charge in [-0.1, -0.05) is 15.9 Å². The van der Waals surface area contributed by atoms with Crippen LogP contribution in [-0.2, 0) is 4.74 Å². The van der Waals surface area contributed by atoms with Crippen molar-refractivity contribution in [3.05, 3.63) is 31.8 Å². The average molecular weight is 409 g/mol. The zero-order valence-electron chi connectivity index (χ0n) is 9.42. The maximum atomic E-state index is 12.2. The highest BCUT2D eigenvalue weighted by Gasteiger charge is 2.19. The summed E-state index contributed by atoms with van der Waals surface area (Å²) >= 11 is 5.63. The Morgan fingerprint density at radius 1 is 1.41 bits per heavy atom. The van der Waals surface area contributed by atoms with Gasteiger partial charge >= 0.3 is 0 Å². The number of rotatable bonds is 3. The van der Waals surface area contributed by atoms with Gasteiger partial charge in [0.05, 0.1) is 0 Å². The lowest BCUT2D eigenvalue weighted by Crippen LogP contribution is -2.19. The van der Waals surface area contributed by atoms with Crippen molar-refractivity contribution in [2.24, 2.45) is 5.92 Å². The summed E-state index contributed by atoms with van der Waals surface area (Å²) in [5, 5.41) is 0. The molecule has 1 fully saturated rings. The number of hydrogen-bond acceptors (Lipinski definition) is 2. The van der Waals surface area contributed by atoms with Crippen LogP contribution in [0.5, 0.6) is 0 Å². The van der Waals surface area contributed by atoms with Crippen molar-refractivity contribution in [3.8, 4) is 0 Å². The topological polar surface area (TPSA) is 26.3 Å². The zero-order chi connectivity index (χ0) is 12.3. The van der Waals surface area contributed by atoms with E-state index in [2.05, 4.69) is 38.5 Å². The first-order valence-electron chi connectivity index (χ1n) is 5.73. The Balaban J connectivity index is 2.05. The van der Waals surface area contributed by atoms with Crippen LogP contribution in [0.3, 0.4) is 0 Å². The molecule has 92 valence electrons. The Labute approximate surface area is 123 Å². The molecule has 0 atom stereocenters. The molecule has 1 aliphatic heterocycles. The van der Waals surface area contributed by atoms with Gasteiger partial charge < -0.3 is 4.74 Å². The number of ketones is 1. The number of carbonyl (C=O) groups excluding carboxylic acids is 1. The molecule has 1 aromatic carbocycles. The van der Waals surface area contributed by atoms with Gasteiger partial charge in [0, 0.05) is 33.2 Å². The van der Waals surface area contributed by atoms with E-state index in [0.29, 0.717) is 12.3 Å². The fraction of sp³-hybridized carbons (Fsp3) is 0.462. The van der Waals surface area contributed by atoms with E-state index in [1.807, 2.05) is 18.2 Å². The molecule has 2 nitrogen and oxygen atoms in total. The molecular formula is C13H14BrIO2. The van der Waals surface area contributed by atoms with Gasteiger partial charge in [0.1, 0.15) is 0 Å². The summed E-state index contributed by atoms with van der Waals surface area (Å²) in [7, 11) is 0. The molecule has 0 amide bonds. The van der Waals surface area contributed by atoms with Gasteiger partial charge in [-0.3, -0.25) is 4.79 Å². The Morgan fingerprint density at radius 3 is 2.82 bits per heavy atom. The molecular weight excluding hydrogens is 395 g/mol. The van der Waals surface area contributed by atoms with Crippen LogP contribution in [0.2, 0.25) is 0 Å². The Morgan fingerprint density at radius 2 is 2.12 bits per heavy atom. The second kappa shape index (κ2) is 6.29. The predicted octanol–water partition coefficient (Wildman–Crippen LogP) is 4.05. The Kier molecular flexibility index (Phi) is 4.99. The van der Waals surface area contributed by atoms with Crippen LogP contribution < -0.4 is 0 Å². The fourth-order valence-electron chi connectivity index (χ4n) is 2.03. The SMILES string of the molecule is O=C(CC1CCOCC1)c1cc(Br)ccc1I. The standard InChI is InChI=1S/C13H14BrIO2/c14-10-1-2-12(15)11(8-10)13(16)7-9-3-5-17-6-4-9/h1-2,8-9H,3-7H2. The molecule has 0 aromatic heterocycles. The van der Waals surface area contributed by atoms with Crippen molar-refractivity contribution >= 4 is 44.3 Å². The van der Waals surface area contributed by atoms with E-state index < -0.39 is 0 Å². The van der Waals surface area contributed by atoms with E-state index in [9.17, 15) is 4.79 Å². The minimum atomic E-state index is 0.252. The van der Waals surface area contributed by atoms with Crippen molar-refractivity contribution < 1.29 is 9.53 Å². The van der Waals surface area contributed by atoms with Crippen LogP contribution in [-0.4, -0.2) is 19.0 Å². The smallest absolute Gasteiger partial charge is 0.164 e. The second-order valence-electron chi connectivity index (χ2n) is 4.31. The zero-order valence-corrected chi connectivity index (χ0v) is 13.2. The largest absolute Gasteiger partial charge is 0.381 e. The molecule has 1 aromatic rings. The number of hydrogen-bond donors (Lipinski definition) is 0. The van der Waals surface area contributed by atoms with Crippen molar-refractivity contribution in [2.45, 2.75) is 19.3 Å². The molecule has 0 unspecified atom stereocenters. The van der Waals surface area contributed by atoms with E-state index >= 15 is 0 Å². The molecule has 1 aliphatic rings. The fourth-order valence-corrected chi connectivity index (χ4v) is 3.03. The summed E-state index contributed by atoms with van der Waals surface area (Å²) in [4.78, 5) is 12.2. The number of Topliss-reactive ketones (excluding diaryl/α,β-unsaturated/α-hetero) is 1. The van der Waals surface area contributed by atoms with Crippen molar-refractivity contribution in [1.29, 1.82) is 0 Å². The summed E-state index contributed by atoms with van der Waals surface area (Å²) in [5.41, 5.74) is 0.839. The maximum absolute atomic E-state index is 12.2. The third-order valence-electron chi connectivity index (χ3n) is 3.04. The molecule has 0 aliphatic carbocycles. The van der Waals surface area contributed by atoms with E-state index in [0.717, 1.165) is 39.7 Å². The lowest BCUT2D eigenvalue weighted by atomic mass is 9.92. The third kappa shape index (κ3) is 3.76. The number of halogens is 2. The second-order valence-corrected chi connectivity index (χ2v) is 6.39. The molecule has 1 heterocycles. The van der Waals surface area contributed by atoms with E-state index in [4.69, 9.17) is 4.74 Å². The third-order valence-corrected chi connectivity index (χ3v) is 4.48. The summed E-state index contributed by atoms with van der Waals surface area (Å²) in [6, 6.07) is 5.86. The van der Waals surface area contributed by atoms with Gasteiger partial charge in [-0.25, -0.2) is 0 Å². The molecule has 0 spiro atoms. The van der Waals surface area contributed by atoms with Gasteiger partial charge in [0.2, 0.25) is 0 Å². The molecule has 0 saturated carbocycles. The number of ether oxygens (including phenoxy) is 1. The lowest BCUT2D eigenvalue weighted by molar-refractivity contribution is 0.0601. The molecule has 4 heteroatoms. The van der Waals surface area contributed by atoms with Crippen LogP contribution in [0, 0.1) is 9.49 Å². The van der Waals surface area contributed by atoms with Crippen molar-refractivity contribution in [3.63, 3.8) is 0 Å². The molecule has 0 N–H and O–H groups in total. The maximum Gasteiger partial charge on any atom is 0.164 e. The van der Waals surface area contributed by atoms with Crippen LogP contribution >= 0.6 is 38.5 Å². The van der Waals surface area contributed by atoms with Gasteiger partial charge in [-0.2, -0.15) is 0 Å². The molecule has 2 rings (SSSR count). The van der Waals surface area contributed by atoms with Crippen molar-refractivity contribution in [1.82, 2.24) is 0 Å². The minimum Gasteiger partial charge on any atom is -0.381 e. The summed E-state index contributed by atoms with van der Waals surface area (Å²) in [6.45, 7) is 1.60. The van der Waals surface area contributed by atoms with Crippen LogP contribution in [0.1, 0.15) is 29.6 Å². The first-order chi connectivity index (χ1) is 8.16. The molecule has 0 bridgehead atoms. The van der Waals surface area contributed by atoms with Crippen LogP contribution in [0.25, 0.3) is 0 Å². The van der Waals surface area contributed by atoms with E-state index in [-0.39, 0.29) is 5.78 Å². The van der Waals surface area contributed by atoms with Crippen LogP contribution in [0.4, 0.5) is 0 Å². The summed E-state index contributed by atoms with van der Waals surface area (Å²) in [5.74, 6) is 0.744. The Bertz CT molecular complexity index is 414. The predicted molar refractivity (Wildman–Crippen MR) is 79.3 cm³/mol. The summed E-state index contributed by atoms with van der Waals surface area (Å²) in [6.07, 6.45) is 2.67. The van der Waals surface area contributed by atoms with Gasteiger partial charge in [-0.15, -0.1) is 0 Å². The van der Waals surface area contributed by atoms with Crippen LogP contribution in [0.15, 0.2) is 22.7 Å². The van der Waals surface area contributed by atoms with Gasteiger partial charge in [0.25, 0.3) is 0 Å². The first-order valence-corrected chi connectivity index (χ1v) is 7.60. The number of benzene rings is 1. The quantitative estimate of drug-likeness (QED) is 0.557. The normalized spacial score (nSPS) is 17.1. The molecule has 0 radical (unpaired) electrons. The molecule has 1 saturated heterocycles. The number of carbonyl (C=O) groups is 1. The highest BCUT2D eigenvalue weighted by Crippen LogP contribution is 2.24. The monoisotopic (exact) mass is 408 g/mol. The molecule has 17 heavy (non-hydrogen) atoms. The van der Waals surface area contributed by atoms with E-state index in [1.165, 1.54) is 0 Å². The first kappa shape index (κ1) is 13.5. The summed E-state index contributed by atoms with van der Waals surface area (Å²) < 4.78 is 7.31. The minimum absolute atomic E-state index is 0.252. The van der Waals surface area contributed by atoms with Crippen molar-refractivity contribution in [2.75, 3.05) is 13.2 Å².